The van der Waals surface area contributed by atoms with Crippen molar-refractivity contribution in [2.75, 3.05) is 63.2 Å². The van der Waals surface area contributed by atoms with Crippen molar-refractivity contribution in [3.63, 3.8) is 0 Å². The van der Waals surface area contributed by atoms with Crippen LogP contribution in [-0.4, -0.2) is 97.3 Å². The van der Waals surface area contributed by atoms with E-state index in [2.05, 4.69) is 36.9 Å². The summed E-state index contributed by atoms with van der Waals surface area (Å²) in [6.07, 6.45) is 5.10. The number of nitrogens with two attached hydrogens (primary N) is 1. The number of primary sulfonamides is 1. The van der Waals surface area contributed by atoms with Crippen molar-refractivity contribution >= 4 is 60.8 Å². The second-order valence-electron chi connectivity index (χ2n) is 11.3. The summed E-state index contributed by atoms with van der Waals surface area (Å²) in [5.74, 6) is 2.25. The molecule has 0 spiro atoms. The Labute approximate surface area is 262 Å². The molecule has 0 bridgehead atoms. The van der Waals surface area contributed by atoms with Crippen LogP contribution in [0.3, 0.4) is 0 Å². The van der Waals surface area contributed by atoms with Gasteiger partial charge in [-0.2, -0.15) is 0 Å². The molecule has 2 fully saturated rings. The molecule has 12 nitrogen and oxygen atoms in total. The molecule has 2 aliphatic rings. The number of nitrogens with zero attached hydrogens (tertiary/aromatic N) is 5. The number of methoxy groups -OCH3 is 1. The Balaban J connectivity index is 1.13. The number of benzene rings is 2. The van der Waals surface area contributed by atoms with Crippen molar-refractivity contribution in [1.82, 2.24) is 24.8 Å². The fourth-order valence-corrected chi connectivity index (χ4v) is 6.87. The van der Waals surface area contributed by atoms with E-state index in [1.165, 1.54) is 31.5 Å². The molecule has 2 aliphatic heterocycles. The van der Waals surface area contributed by atoms with Gasteiger partial charge in [0.1, 0.15) is 17.8 Å². The maximum Gasteiger partial charge on any atom is 0.238 e. The first-order valence-electron chi connectivity index (χ1n) is 14.9. The number of likely N-dealkylation sites (tertiary alicyclic amines) is 1. The Morgan fingerprint density at radius 3 is 2.57 bits per heavy atom. The van der Waals surface area contributed by atoms with E-state index < -0.39 is 10.0 Å². The molecule has 2 aromatic carbocycles. The standard InChI is InChI=1S/C30H38N8O4S2/c1-20-5-3-10-36(20)11-4-16-42-26-18-24-23(17-25(26)41-2)27-28(35-24)32-19-33-29(27)37-12-14-38(15-13-37)30(43)34-21-6-8-22(9-7-21)44(31,39)40/h6-9,17-20H,3-5,10-16H2,1-2H3,(H,34,43)(H2,31,39,40)(H,32,33,35). The van der Waals surface area contributed by atoms with E-state index >= 15 is 0 Å². The molecule has 14 heteroatoms. The Morgan fingerprint density at radius 2 is 1.89 bits per heavy atom. The first-order valence-corrected chi connectivity index (χ1v) is 16.8. The molecule has 4 heterocycles. The normalized spacial score (nSPS) is 17.8. The van der Waals surface area contributed by atoms with Crippen LogP contribution < -0.4 is 24.8 Å². The Kier molecular flexibility index (Phi) is 8.76. The summed E-state index contributed by atoms with van der Waals surface area (Å²) in [6, 6.07) is 10.9. The average molecular weight is 639 g/mol. The Bertz CT molecular complexity index is 1750. The van der Waals surface area contributed by atoms with Crippen LogP contribution in [0.25, 0.3) is 21.9 Å². The highest BCUT2D eigenvalue weighted by Crippen LogP contribution is 2.38. The Morgan fingerprint density at radius 1 is 1.11 bits per heavy atom. The van der Waals surface area contributed by atoms with Crippen LogP contribution in [0.15, 0.2) is 47.6 Å². The van der Waals surface area contributed by atoms with Crippen molar-refractivity contribution in [2.45, 2.75) is 37.1 Å². The topological polar surface area (TPSA) is 142 Å². The summed E-state index contributed by atoms with van der Waals surface area (Å²) >= 11 is 5.65. The lowest BCUT2D eigenvalue weighted by molar-refractivity contribution is 0.226. The van der Waals surface area contributed by atoms with Crippen LogP contribution in [0.1, 0.15) is 26.2 Å². The van der Waals surface area contributed by atoms with Crippen molar-refractivity contribution in [3.8, 4) is 11.5 Å². The van der Waals surface area contributed by atoms with Gasteiger partial charge >= 0.3 is 0 Å². The number of aromatic amines is 1. The summed E-state index contributed by atoms with van der Waals surface area (Å²) in [7, 11) is -2.08. The number of nitrogens with one attached hydrogen (secondary N) is 2. The molecule has 0 radical (unpaired) electrons. The van der Waals surface area contributed by atoms with Gasteiger partial charge in [0.25, 0.3) is 0 Å². The zero-order chi connectivity index (χ0) is 30.8. The third-order valence-electron chi connectivity index (χ3n) is 8.49. The number of hydrogen-bond donors (Lipinski definition) is 3. The van der Waals surface area contributed by atoms with Crippen molar-refractivity contribution < 1.29 is 17.9 Å². The largest absolute Gasteiger partial charge is 0.493 e. The van der Waals surface area contributed by atoms with E-state index in [0.717, 1.165) is 40.7 Å². The predicted molar refractivity (Wildman–Crippen MR) is 176 cm³/mol. The van der Waals surface area contributed by atoms with E-state index in [9.17, 15) is 8.42 Å². The van der Waals surface area contributed by atoms with E-state index in [1.54, 1.807) is 25.6 Å². The van der Waals surface area contributed by atoms with Crippen molar-refractivity contribution in [1.29, 1.82) is 0 Å². The van der Waals surface area contributed by atoms with E-state index in [-0.39, 0.29) is 4.90 Å². The SMILES string of the molecule is COc1cc2c(cc1OCCCN1CCCC1C)[nH]c1ncnc(N3CCN(C(=S)Nc4ccc(S(N)(=O)=O)cc4)CC3)c12. The number of aromatic nitrogens is 3. The number of ether oxygens (including phenoxy) is 2. The van der Waals surface area contributed by atoms with Gasteiger partial charge in [-0.3, -0.25) is 0 Å². The highest BCUT2D eigenvalue weighted by molar-refractivity contribution is 7.89. The second-order valence-corrected chi connectivity index (χ2v) is 13.2. The average Bonchev–Trinajstić information content (AvgIpc) is 3.60. The van der Waals surface area contributed by atoms with Gasteiger partial charge in [0.15, 0.2) is 16.6 Å². The molecule has 0 amide bonds. The predicted octanol–water partition coefficient (Wildman–Crippen LogP) is 3.54. The van der Waals surface area contributed by atoms with Gasteiger partial charge in [-0.15, -0.1) is 0 Å². The molecular weight excluding hydrogens is 601 g/mol. The number of H-pyrrole nitrogens is 1. The van der Waals surface area contributed by atoms with Gasteiger partial charge in [0.2, 0.25) is 10.0 Å². The van der Waals surface area contributed by atoms with Crippen molar-refractivity contribution in [2.24, 2.45) is 5.14 Å². The van der Waals surface area contributed by atoms with Gasteiger partial charge in [-0.05, 0) is 75.3 Å². The zero-order valence-electron chi connectivity index (χ0n) is 25.0. The summed E-state index contributed by atoms with van der Waals surface area (Å²) in [5.41, 5.74) is 2.37. The van der Waals surface area contributed by atoms with Crippen LogP contribution in [0.2, 0.25) is 0 Å². The molecule has 1 atom stereocenters. The lowest BCUT2D eigenvalue weighted by Gasteiger charge is -2.37. The van der Waals surface area contributed by atoms with Gasteiger partial charge in [-0.1, -0.05) is 0 Å². The van der Waals surface area contributed by atoms with E-state index in [4.69, 9.17) is 31.8 Å². The maximum atomic E-state index is 11.5. The minimum atomic E-state index is -3.75. The number of fused-ring (bicyclic) bond motifs is 3. The van der Waals surface area contributed by atoms with Gasteiger partial charge in [0, 0.05) is 55.9 Å². The zero-order valence-corrected chi connectivity index (χ0v) is 26.6. The maximum absolute atomic E-state index is 11.5. The molecule has 6 rings (SSSR count). The number of sulfonamides is 1. The van der Waals surface area contributed by atoms with E-state index in [0.29, 0.717) is 61.1 Å². The fraction of sp³-hybridized carbons (Fsp3) is 0.433. The first kappa shape index (κ1) is 30.3. The minimum Gasteiger partial charge on any atom is -0.493 e. The molecule has 2 saturated heterocycles. The molecule has 4 N–H and O–H groups in total. The molecule has 234 valence electrons. The molecule has 0 aliphatic carbocycles. The van der Waals surface area contributed by atoms with Gasteiger partial charge in [-0.25, -0.2) is 23.5 Å². The smallest absolute Gasteiger partial charge is 0.238 e. The van der Waals surface area contributed by atoms with Crippen LogP contribution in [0, 0.1) is 0 Å². The fourth-order valence-electron chi connectivity index (χ4n) is 6.06. The van der Waals surface area contributed by atoms with Crippen LogP contribution in [0.5, 0.6) is 11.5 Å². The summed E-state index contributed by atoms with van der Waals surface area (Å²) < 4.78 is 35.0. The third-order valence-corrected chi connectivity index (χ3v) is 9.78. The Hall–Kier alpha value is -3.72. The summed E-state index contributed by atoms with van der Waals surface area (Å²) in [6.45, 7) is 7.93. The quantitative estimate of drug-likeness (QED) is 0.183. The number of thiocarbonyl (C=S) groups is 1. The van der Waals surface area contributed by atoms with Gasteiger partial charge < -0.3 is 34.5 Å². The summed E-state index contributed by atoms with van der Waals surface area (Å²) in [4.78, 5) is 19.6. The number of rotatable bonds is 9. The highest BCUT2D eigenvalue weighted by Gasteiger charge is 2.24. The summed E-state index contributed by atoms with van der Waals surface area (Å²) in [5, 5.41) is 10.9. The van der Waals surface area contributed by atoms with E-state index in [1.807, 2.05) is 12.1 Å². The molecular formula is C30H38N8O4S2. The van der Waals surface area contributed by atoms with Crippen LogP contribution in [0.4, 0.5) is 11.5 Å². The van der Waals surface area contributed by atoms with Crippen molar-refractivity contribution in [3.05, 3.63) is 42.7 Å². The lowest BCUT2D eigenvalue weighted by Crippen LogP contribution is -2.50. The minimum absolute atomic E-state index is 0.0556. The van der Waals surface area contributed by atoms with Crippen LogP contribution >= 0.6 is 12.2 Å². The monoisotopic (exact) mass is 638 g/mol. The molecule has 2 aromatic heterocycles. The molecule has 4 aromatic rings. The molecule has 0 saturated carbocycles. The number of piperazine rings is 1. The van der Waals surface area contributed by atoms with Gasteiger partial charge in [0.05, 0.1) is 29.5 Å². The number of hydrogen-bond acceptors (Lipinski definition) is 9. The number of anilines is 2. The molecule has 1 unspecified atom stereocenters. The molecule has 44 heavy (non-hydrogen) atoms. The lowest BCUT2D eigenvalue weighted by atomic mass is 10.1. The third kappa shape index (κ3) is 6.39. The second kappa shape index (κ2) is 12.7. The first-order chi connectivity index (χ1) is 21.2. The van der Waals surface area contributed by atoms with Crippen LogP contribution in [-0.2, 0) is 10.0 Å². The highest BCUT2D eigenvalue weighted by atomic mass is 32.2.